The predicted molar refractivity (Wildman–Crippen MR) is 109 cm³/mol. The van der Waals surface area contributed by atoms with Crippen LogP contribution in [0.3, 0.4) is 0 Å². The molecule has 0 saturated heterocycles. The molecule has 2 aromatic carbocycles. The number of nitrogens with zero attached hydrogens (tertiary/aromatic N) is 1. The molecule has 1 aromatic heterocycles. The minimum absolute atomic E-state index is 0.145. The van der Waals surface area contributed by atoms with Crippen molar-refractivity contribution in [2.45, 2.75) is 26.9 Å². The first kappa shape index (κ1) is 20.3. The molecule has 29 heavy (non-hydrogen) atoms. The van der Waals surface area contributed by atoms with Crippen molar-refractivity contribution in [3.63, 3.8) is 0 Å². The number of ether oxygens (including phenoxy) is 2. The molecule has 0 spiro atoms. The molecular formula is C23H25NO5. The first-order chi connectivity index (χ1) is 14.1. The van der Waals surface area contributed by atoms with Crippen molar-refractivity contribution in [1.29, 1.82) is 0 Å². The van der Waals surface area contributed by atoms with E-state index in [2.05, 4.69) is 0 Å². The number of phenolic OH excluding ortho intramolecular Hbond substituents is 1. The monoisotopic (exact) mass is 395 g/mol. The second-order valence-electron chi connectivity index (χ2n) is 6.40. The van der Waals surface area contributed by atoms with E-state index >= 15 is 0 Å². The molecular weight excluding hydrogens is 370 g/mol. The number of furan rings is 1. The summed E-state index contributed by atoms with van der Waals surface area (Å²) in [6, 6.07) is 15.7. The Morgan fingerprint density at radius 2 is 1.72 bits per heavy atom. The van der Waals surface area contributed by atoms with Gasteiger partial charge in [0, 0.05) is 11.1 Å². The van der Waals surface area contributed by atoms with Crippen molar-refractivity contribution in [3.05, 3.63) is 77.7 Å². The Balaban J connectivity index is 1.91. The lowest BCUT2D eigenvalue weighted by molar-refractivity contribution is 0.0716. The van der Waals surface area contributed by atoms with Crippen molar-refractivity contribution < 1.29 is 23.8 Å². The number of hydrogen-bond donors (Lipinski definition) is 1. The fourth-order valence-corrected chi connectivity index (χ4v) is 3.01. The molecule has 0 saturated carbocycles. The summed E-state index contributed by atoms with van der Waals surface area (Å²) < 4.78 is 16.7. The highest BCUT2D eigenvalue weighted by molar-refractivity contribution is 5.95. The maximum absolute atomic E-state index is 13.3. The quantitative estimate of drug-likeness (QED) is 0.572. The molecule has 0 aliphatic carbocycles. The van der Waals surface area contributed by atoms with Crippen LogP contribution in [0.2, 0.25) is 0 Å². The third-order valence-electron chi connectivity index (χ3n) is 4.36. The molecule has 1 N–H and O–H groups in total. The standard InChI is InChI=1S/C23H25NO5/c1-3-27-21-12-11-17(14-22(21)28-4-2)23(26)24(16-19-9-7-13-29-19)15-18-8-5-6-10-20(18)25/h5-14,25H,3-4,15-16H2,1-2H3. The van der Waals surface area contributed by atoms with Gasteiger partial charge in [-0.3, -0.25) is 4.79 Å². The van der Waals surface area contributed by atoms with E-state index < -0.39 is 0 Å². The van der Waals surface area contributed by atoms with Gasteiger partial charge in [-0.15, -0.1) is 0 Å². The van der Waals surface area contributed by atoms with E-state index in [4.69, 9.17) is 13.9 Å². The summed E-state index contributed by atoms with van der Waals surface area (Å²) in [7, 11) is 0. The lowest BCUT2D eigenvalue weighted by atomic mass is 10.1. The number of aromatic hydroxyl groups is 1. The Hall–Kier alpha value is -3.41. The van der Waals surface area contributed by atoms with Crippen molar-refractivity contribution in [2.24, 2.45) is 0 Å². The summed E-state index contributed by atoms with van der Waals surface area (Å²) in [5, 5.41) is 10.1. The minimum atomic E-state index is -0.200. The normalized spacial score (nSPS) is 10.6. The lowest BCUT2D eigenvalue weighted by Gasteiger charge is -2.23. The number of carbonyl (C=O) groups is 1. The van der Waals surface area contributed by atoms with Crippen LogP contribution in [0.15, 0.2) is 65.3 Å². The summed E-state index contributed by atoms with van der Waals surface area (Å²) in [6.45, 7) is 5.26. The Morgan fingerprint density at radius 1 is 0.966 bits per heavy atom. The highest BCUT2D eigenvalue weighted by atomic mass is 16.5. The van der Waals surface area contributed by atoms with Crippen LogP contribution in [0, 0.1) is 0 Å². The summed E-state index contributed by atoms with van der Waals surface area (Å²) >= 11 is 0. The average molecular weight is 395 g/mol. The highest BCUT2D eigenvalue weighted by Crippen LogP contribution is 2.30. The Kier molecular flexibility index (Phi) is 6.79. The maximum atomic E-state index is 13.3. The van der Waals surface area contributed by atoms with Crippen LogP contribution in [0.25, 0.3) is 0 Å². The van der Waals surface area contributed by atoms with Crippen molar-refractivity contribution in [1.82, 2.24) is 4.90 Å². The van der Waals surface area contributed by atoms with E-state index in [1.54, 1.807) is 53.6 Å². The number of benzene rings is 2. The molecule has 3 rings (SSSR count). The van der Waals surface area contributed by atoms with Gasteiger partial charge in [0.05, 0.1) is 32.6 Å². The first-order valence-corrected chi connectivity index (χ1v) is 9.60. The zero-order valence-corrected chi connectivity index (χ0v) is 16.6. The number of para-hydroxylation sites is 1. The maximum Gasteiger partial charge on any atom is 0.254 e. The van der Waals surface area contributed by atoms with E-state index in [0.29, 0.717) is 41.6 Å². The molecule has 6 heteroatoms. The number of carbonyl (C=O) groups excluding carboxylic acids is 1. The van der Waals surface area contributed by atoms with Crippen LogP contribution in [-0.2, 0) is 13.1 Å². The largest absolute Gasteiger partial charge is 0.508 e. The number of phenols is 1. The minimum Gasteiger partial charge on any atom is -0.508 e. The molecule has 0 fully saturated rings. The lowest BCUT2D eigenvalue weighted by Crippen LogP contribution is -2.30. The van der Waals surface area contributed by atoms with Gasteiger partial charge < -0.3 is 23.9 Å². The van der Waals surface area contributed by atoms with Crippen molar-refractivity contribution in [3.8, 4) is 17.2 Å². The van der Waals surface area contributed by atoms with E-state index in [1.807, 2.05) is 26.0 Å². The highest BCUT2D eigenvalue weighted by Gasteiger charge is 2.21. The summed E-state index contributed by atoms with van der Waals surface area (Å²) in [4.78, 5) is 14.9. The van der Waals surface area contributed by atoms with Crippen LogP contribution in [0.5, 0.6) is 17.2 Å². The van der Waals surface area contributed by atoms with Crippen LogP contribution in [0.4, 0.5) is 0 Å². The number of rotatable bonds is 9. The summed E-state index contributed by atoms with van der Waals surface area (Å²) in [6.07, 6.45) is 1.57. The van der Waals surface area contributed by atoms with Gasteiger partial charge in [-0.1, -0.05) is 18.2 Å². The van der Waals surface area contributed by atoms with Crippen molar-refractivity contribution >= 4 is 5.91 Å². The molecule has 0 unspecified atom stereocenters. The smallest absolute Gasteiger partial charge is 0.254 e. The number of hydrogen-bond acceptors (Lipinski definition) is 5. The fourth-order valence-electron chi connectivity index (χ4n) is 3.01. The van der Waals surface area contributed by atoms with Crippen LogP contribution < -0.4 is 9.47 Å². The van der Waals surface area contributed by atoms with Gasteiger partial charge in [0.1, 0.15) is 11.5 Å². The molecule has 6 nitrogen and oxygen atoms in total. The molecule has 0 aliphatic rings. The molecule has 0 bridgehead atoms. The van der Waals surface area contributed by atoms with Crippen LogP contribution in [0.1, 0.15) is 35.5 Å². The van der Waals surface area contributed by atoms with Gasteiger partial charge in [0.2, 0.25) is 0 Å². The Bertz CT molecular complexity index is 936. The third kappa shape index (κ3) is 5.10. The van der Waals surface area contributed by atoms with E-state index in [9.17, 15) is 9.90 Å². The summed E-state index contributed by atoms with van der Waals surface area (Å²) in [5.74, 6) is 1.73. The topological polar surface area (TPSA) is 72.1 Å². The molecule has 0 radical (unpaired) electrons. The van der Waals surface area contributed by atoms with Gasteiger partial charge in [-0.2, -0.15) is 0 Å². The van der Waals surface area contributed by atoms with Gasteiger partial charge in [0.25, 0.3) is 5.91 Å². The molecule has 0 aliphatic heterocycles. The Labute approximate surface area is 170 Å². The first-order valence-electron chi connectivity index (χ1n) is 9.60. The fraction of sp³-hybridized carbons (Fsp3) is 0.261. The molecule has 1 amide bonds. The SMILES string of the molecule is CCOc1ccc(C(=O)N(Cc2ccco2)Cc2ccccc2O)cc1OCC. The second kappa shape index (κ2) is 9.68. The summed E-state index contributed by atoms with van der Waals surface area (Å²) in [5.41, 5.74) is 1.13. The Morgan fingerprint density at radius 3 is 2.41 bits per heavy atom. The second-order valence-corrected chi connectivity index (χ2v) is 6.40. The number of amides is 1. The molecule has 0 atom stereocenters. The third-order valence-corrected chi connectivity index (χ3v) is 4.36. The van der Waals surface area contributed by atoms with E-state index in [-0.39, 0.29) is 24.7 Å². The van der Waals surface area contributed by atoms with Crippen molar-refractivity contribution in [2.75, 3.05) is 13.2 Å². The zero-order chi connectivity index (χ0) is 20.6. The van der Waals surface area contributed by atoms with E-state index in [1.165, 1.54) is 0 Å². The zero-order valence-electron chi connectivity index (χ0n) is 16.6. The van der Waals surface area contributed by atoms with Gasteiger partial charge in [0.15, 0.2) is 11.5 Å². The molecule has 3 aromatic rings. The molecule has 152 valence electrons. The van der Waals surface area contributed by atoms with Crippen LogP contribution in [-0.4, -0.2) is 29.1 Å². The molecule has 1 heterocycles. The average Bonchev–Trinajstić information content (AvgIpc) is 3.23. The van der Waals surface area contributed by atoms with Gasteiger partial charge >= 0.3 is 0 Å². The van der Waals surface area contributed by atoms with E-state index in [0.717, 1.165) is 0 Å². The predicted octanol–water partition coefficient (Wildman–Crippen LogP) is 4.63. The van der Waals surface area contributed by atoms with Gasteiger partial charge in [-0.25, -0.2) is 0 Å². The van der Waals surface area contributed by atoms with Gasteiger partial charge in [-0.05, 0) is 50.2 Å². The van der Waals surface area contributed by atoms with Crippen LogP contribution >= 0.6 is 0 Å².